The molecule has 306 valence electrons. The van der Waals surface area contributed by atoms with E-state index in [0.29, 0.717) is 34.9 Å². The summed E-state index contributed by atoms with van der Waals surface area (Å²) < 4.78 is 6.69. The zero-order valence-corrected chi connectivity index (χ0v) is 35.4. The van der Waals surface area contributed by atoms with Gasteiger partial charge >= 0.3 is 0 Å². The minimum absolute atomic E-state index is 0.133. The summed E-state index contributed by atoms with van der Waals surface area (Å²) >= 11 is 0. The van der Waals surface area contributed by atoms with E-state index >= 15 is 0 Å². The third-order valence-electron chi connectivity index (χ3n) is 12.2. The van der Waals surface area contributed by atoms with Crippen molar-refractivity contribution in [3.8, 4) is 85.2 Å². The highest BCUT2D eigenvalue weighted by atomic mass is 16.5. The van der Waals surface area contributed by atoms with E-state index in [0.717, 1.165) is 68.0 Å². The molecule has 7 heteroatoms. The summed E-state index contributed by atoms with van der Waals surface area (Å²) in [6.07, 6.45) is 5.47. The summed E-state index contributed by atoms with van der Waals surface area (Å²) in [5.74, 6) is 5.77. The first-order valence-electron chi connectivity index (χ1n) is 21.6. The van der Waals surface area contributed by atoms with Gasteiger partial charge in [0, 0.05) is 55.9 Å². The molecule has 1 aliphatic carbocycles. The molecule has 9 aromatic rings. The topological polar surface area (TPSA) is 86.6 Å². The molecule has 1 aliphatic heterocycles. The first kappa shape index (κ1) is 38.7. The molecule has 0 saturated carbocycles. The quantitative estimate of drug-likeness (QED) is 0.151. The van der Waals surface area contributed by atoms with Gasteiger partial charge in [-0.1, -0.05) is 184 Å². The highest BCUT2D eigenvalue weighted by Gasteiger charge is 2.39. The Kier molecular flexibility index (Phi) is 9.85. The summed E-state index contributed by atoms with van der Waals surface area (Å²) in [6.45, 7) is 4.60. The largest absolute Gasteiger partial charge is 0.457 e. The van der Waals surface area contributed by atoms with Gasteiger partial charge in [-0.15, -0.1) is 0 Å². The molecule has 1 unspecified atom stereocenters. The van der Waals surface area contributed by atoms with E-state index in [2.05, 4.69) is 92.7 Å². The fourth-order valence-corrected chi connectivity index (χ4v) is 8.71. The second-order valence-corrected chi connectivity index (χ2v) is 16.7. The van der Waals surface area contributed by atoms with Crippen LogP contribution >= 0.6 is 0 Å². The predicted octanol–water partition coefficient (Wildman–Crippen LogP) is 13.4. The van der Waals surface area contributed by atoms with E-state index in [4.69, 9.17) is 34.6 Å². The Morgan fingerprint density at radius 3 is 1.31 bits per heavy atom. The smallest absolute Gasteiger partial charge is 0.164 e. The number of aromatic nitrogens is 6. The lowest BCUT2D eigenvalue weighted by Gasteiger charge is -2.39. The molecule has 2 aromatic heterocycles. The number of rotatable bonds is 8. The van der Waals surface area contributed by atoms with Crippen LogP contribution in [0.15, 0.2) is 212 Å². The van der Waals surface area contributed by atoms with E-state index < -0.39 is 0 Å². The highest BCUT2D eigenvalue weighted by molar-refractivity contribution is 5.75. The maximum absolute atomic E-state index is 6.69. The van der Waals surface area contributed by atoms with Crippen molar-refractivity contribution in [1.29, 1.82) is 0 Å². The standard InChI is InChI=1S/C57H42N6O/c1-57(2)47-35-43(41-25-15-27-45(33-41)55-60-51(37-17-7-3-8-18-37)58-52(61-55)38-19-9-4-10-20-38)29-31-49(47)64-50-32-30-44(36-48(50)57)42-26-16-28-46(34-42)56-62-53(39-21-11-5-12-22-39)59-54(63-56)40-23-13-6-14-24-40/h3-29,31-36,44H,30H2,1-2H3. The highest BCUT2D eigenvalue weighted by Crippen LogP contribution is 2.50. The van der Waals surface area contributed by atoms with Gasteiger partial charge in [0.05, 0.1) is 0 Å². The zero-order chi connectivity index (χ0) is 43.0. The van der Waals surface area contributed by atoms with Gasteiger partial charge in [-0.05, 0) is 53.5 Å². The van der Waals surface area contributed by atoms with Crippen molar-refractivity contribution in [3.63, 3.8) is 0 Å². The molecule has 0 bridgehead atoms. The van der Waals surface area contributed by atoms with Crippen LogP contribution in [-0.4, -0.2) is 29.9 Å². The maximum Gasteiger partial charge on any atom is 0.164 e. The van der Waals surface area contributed by atoms with E-state index in [9.17, 15) is 0 Å². The normalized spacial score (nSPS) is 14.9. The van der Waals surface area contributed by atoms with Gasteiger partial charge in [0.15, 0.2) is 34.9 Å². The van der Waals surface area contributed by atoms with Crippen molar-refractivity contribution < 1.29 is 4.74 Å². The molecule has 0 N–H and O–H groups in total. The predicted molar refractivity (Wildman–Crippen MR) is 255 cm³/mol. The van der Waals surface area contributed by atoms with E-state index in [1.54, 1.807) is 0 Å². The third-order valence-corrected chi connectivity index (χ3v) is 12.2. The molecule has 0 spiro atoms. The van der Waals surface area contributed by atoms with Gasteiger partial charge in [-0.25, -0.2) is 29.9 Å². The van der Waals surface area contributed by atoms with Gasteiger partial charge < -0.3 is 4.74 Å². The number of allylic oxidation sites excluding steroid dienone is 3. The lowest BCUT2D eigenvalue weighted by atomic mass is 9.70. The molecule has 2 aliphatic rings. The Morgan fingerprint density at radius 1 is 0.406 bits per heavy atom. The molecule has 3 heterocycles. The molecule has 7 nitrogen and oxygen atoms in total. The van der Waals surface area contributed by atoms with Gasteiger partial charge in [0.25, 0.3) is 0 Å². The first-order chi connectivity index (χ1) is 31.4. The molecule has 1 atom stereocenters. The Labute approximate surface area is 372 Å². The number of benzene rings is 7. The lowest BCUT2D eigenvalue weighted by molar-refractivity contribution is 0.364. The molecular weight excluding hydrogens is 785 g/mol. The van der Waals surface area contributed by atoms with Crippen LogP contribution in [0.2, 0.25) is 0 Å². The number of hydrogen-bond donors (Lipinski definition) is 0. The van der Waals surface area contributed by atoms with Gasteiger partial charge in [-0.3, -0.25) is 0 Å². The van der Waals surface area contributed by atoms with Crippen LogP contribution in [0.25, 0.3) is 79.5 Å². The van der Waals surface area contributed by atoms with Crippen LogP contribution in [-0.2, 0) is 5.41 Å². The van der Waals surface area contributed by atoms with Crippen molar-refractivity contribution in [1.82, 2.24) is 29.9 Å². The second kappa shape index (κ2) is 16.3. The minimum Gasteiger partial charge on any atom is -0.457 e. The Hall–Kier alpha value is -8.16. The summed E-state index contributed by atoms with van der Waals surface area (Å²) in [5.41, 5.74) is 11.0. The van der Waals surface area contributed by atoms with Crippen molar-refractivity contribution in [2.24, 2.45) is 0 Å². The fourth-order valence-electron chi connectivity index (χ4n) is 8.71. The molecular formula is C57H42N6O. The number of nitrogens with zero attached hydrogens (tertiary/aromatic N) is 6. The average molecular weight is 827 g/mol. The summed E-state index contributed by atoms with van der Waals surface area (Å²) in [7, 11) is 0. The molecule has 0 radical (unpaired) electrons. The first-order valence-corrected chi connectivity index (χ1v) is 21.6. The molecule has 7 aromatic carbocycles. The molecule has 0 amide bonds. The minimum atomic E-state index is -0.337. The molecule has 0 saturated heterocycles. The van der Waals surface area contributed by atoms with Gasteiger partial charge in [0.2, 0.25) is 0 Å². The second-order valence-electron chi connectivity index (χ2n) is 16.7. The Balaban J connectivity index is 0.919. The lowest BCUT2D eigenvalue weighted by Crippen LogP contribution is -2.30. The zero-order valence-electron chi connectivity index (χ0n) is 35.4. The number of fused-ring (bicyclic) bond motifs is 2. The van der Waals surface area contributed by atoms with Crippen LogP contribution in [0.3, 0.4) is 0 Å². The van der Waals surface area contributed by atoms with Crippen molar-refractivity contribution in [2.45, 2.75) is 31.6 Å². The molecule has 64 heavy (non-hydrogen) atoms. The molecule has 0 fully saturated rings. The summed E-state index contributed by atoms with van der Waals surface area (Å²) in [5, 5.41) is 0. The summed E-state index contributed by atoms with van der Waals surface area (Å²) in [6, 6.07) is 64.0. The van der Waals surface area contributed by atoms with E-state index in [1.165, 1.54) is 11.1 Å². The summed E-state index contributed by atoms with van der Waals surface area (Å²) in [4.78, 5) is 29.8. The van der Waals surface area contributed by atoms with E-state index in [1.807, 2.05) is 121 Å². The monoisotopic (exact) mass is 826 g/mol. The molecule has 11 rings (SSSR count). The maximum atomic E-state index is 6.69. The van der Waals surface area contributed by atoms with Crippen molar-refractivity contribution in [3.05, 3.63) is 223 Å². The van der Waals surface area contributed by atoms with Crippen LogP contribution in [0, 0.1) is 0 Å². The van der Waals surface area contributed by atoms with Crippen LogP contribution in [0.5, 0.6) is 5.75 Å². The number of ether oxygens (including phenoxy) is 1. The van der Waals surface area contributed by atoms with Crippen molar-refractivity contribution >= 4 is 0 Å². The van der Waals surface area contributed by atoms with Crippen LogP contribution in [0.4, 0.5) is 0 Å². The van der Waals surface area contributed by atoms with Crippen LogP contribution in [0.1, 0.15) is 37.3 Å². The number of hydrogen-bond acceptors (Lipinski definition) is 7. The van der Waals surface area contributed by atoms with Gasteiger partial charge in [-0.2, -0.15) is 0 Å². The van der Waals surface area contributed by atoms with E-state index in [-0.39, 0.29) is 11.3 Å². The Morgan fingerprint density at radius 2 is 0.812 bits per heavy atom. The Bertz CT molecular complexity index is 3120. The van der Waals surface area contributed by atoms with Gasteiger partial charge in [0.1, 0.15) is 11.5 Å². The fraction of sp³-hybridized carbons (Fsp3) is 0.0877. The third kappa shape index (κ3) is 7.47. The SMILES string of the molecule is CC1(C)C2=CC(c3cccc(-c4nc(-c5ccccc5)nc(-c5ccccc5)n4)c3)CC=C2Oc2ccc(-c3cccc(-c4nc(-c5ccccc5)nc(-c5ccccc5)n4)c3)cc21. The van der Waals surface area contributed by atoms with Crippen LogP contribution < -0.4 is 4.74 Å². The average Bonchev–Trinajstić information content (AvgIpc) is 3.37. The van der Waals surface area contributed by atoms with Crippen molar-refractivity contribution in [2.75, 3.05) is 0 Å².